The number of carbonyl (C=O) groups excluding carboxylic acids is 2. The Balaban J connectivity index is 1.86. The van der Waals surface area contributed by atoms with E-state index in [1.165, 1.54) is 31.4 Å². The lowest BCUT2D eigenvalue weighted by Gasteiger charge is -2.12. The highest BCUT2D eigenvalue weighted by Crippen LogP contribution is 2.22. The van der Waals surface area contributed by atoms with Gasteiger partial charge in [-0.3, -0.25) is 14.3 Å². The highest BCUT2D eigenvalue weighted by Gasteiger charge is 2.19. The second-order valence-electron chi connectivity index (χ2n) is 6.82. The van der Waals surface area contributed by atoms with Crippen molar-refractivity contribution in [3.05, 3.63) is 83.2 Å². The molecule has 0 heterocycles. The Morgan fingerprint density at radius 1 is 0.938 bits per heavy atom. The number of primary amides is 1. The highest BCUT2D eigenvalue weighted by molar-refractivity contribution is 7.92. The molecule has 2 amide bonds. The van der Waals surface area contributed by atoms with Gasteiger partial charge in [-0.05, 0) is 67.1 Å². The molecule has 0 aliphatic carbocycles. The third-order valence-electron chi connectivity index (χ3n) is 4.60. The van der Waals surface area contributed by atoms with Crippen LogP contribution in [0.1, 0.15) is 26.3 Å². The number of rotatable bonds is 7. The van der Waals surface area contributed by atoms with E-state index in [-0.39, 0.29) is 21.7 Å². The lowest BCUT2D eigenvalue weighted by Crippen LogP contribution is -2.18. The van der Waals surface area contributed by atoms with E-state index >= 15 is 0 Å². The van der Waals surface area contributed by atoms with Crippen molar-refractivity contribution in [3.8, 4) is 5.75 Å². The molecule has 3 aromatic carbocycles. The SMILES string of the molecule is COc1ccc(NS(=O)(=O)c2ccc(C)c(C(=O)Nc3ccc(F)c(C(N)=O)c3)c2)cc1. The van der Waals surface area contributed by atoms with Gasteiger partial charge in [-0.25, -0.2) is 12.8 Å². The number of methoxy groups -OCH3 is 1. The Morgan fingerprint density at radius 3 is 2.22 bits per heavy atom. The number of amides is 2. The number of sulfonamides is 1. The molecule has 8 nitrogen and oxygen atoms in total. The third kappa shape index (κ3) is 5.03. The van der Waals surface area contributed by atoms with Gasteiger partial charge in [0.05, 0.1) is 17.6 Å². The zero-order valence-electron chi connectivity index (χ0n) is 17.2. The van der Waals surface area contributed by atoms with Crippen LogP contribution in [0.25, 0.3) is 0 Å². The molecule has 0 atom stereocenters. The smallest absolute Gasteiger partial charge is 0.261 e. The molecule has 0 spiro atoms. The Hall–Kier alpha value is -3.92. The van der Waals surface area contributed by atoms with Gasteiger partial charge in [-0.1, -0.05) is 6.07 Å². The second-order valence-corrected chi connectivity index (χ2v) is 8.51. The summed E-state index contributed by atoms with van der Waals surface area (Å²) in [5, 5.41) is 2.52. The van der Waals surface area contributed by atoms with Crippen LogP contribution in [-0.4, -0.2) is 27.3 Å². The van der Waals surface area contributed by atoms with Gasteiger partial charge in [0, 0.05) is 16.9 Å². The van der Waals surface area contributed by atoms with Crippen LogP contribution in [0.2, 0.25) is 0 Å². The number of nitrogens with two attached hydrogens (primary N) is 1. The van der Waals surface area contributed by atoms with Crippen LogP contribution in [0, 0.1) is 12.7 Å². The largest absolute Gasteiger partial charge is 0.497 e. The standard InChI is InChI=1S/C22H20FN3O5S/c1-13-3-9-17(32(29,30)26-14-4-7-16(31-2)8-5-14)12-18(13)22(28)25-15-6-10-20(23)19(11-15)21(24)27/h3-12,26H,1-2H3,(H2,24,27)(H,25,28). The average Bonchev–Trinajstić information content (AvgIpc) is 2.75. The molecule has 0 bridgehead atoms. The maximum atomic E-state index is 13.7. The van der Waals surface area contributed by atoms with Gasteiger partial charge in [-0.2, -0.15) is 0 Å². The summed E-state index contributed by atoms with van der Waals surface area (Å²) in [7, 11) is -2.48. The number of nitrogens with one attached hydrogen (secondary N) is 2. The molecule has 0 aliphatic rings. The van der Waals surface area contributed by atoms with Crippen molar-refractivity contribution in [1.29, 1.82) is 0 Å². The fourth-order valence-electron chi connectivity index (χ4n) is 2.88. The Labute approximate surface area is 184 Å². The minimum Gasteiger partial charge on any atom is -0.497 e. The topological polar surface area (TPSA) is 128 Å². The van der Waals surface area contributed by atoms with E-state index in [9.17, 15) is 22.4 Å². The zero-order chi connectivity index (χ0) is 23.5. The summed E-state index contributed by atoms with van der Waals surface area (Å²) in [6.07, 6.45) is 0. The minimum atomic E-state index is -3.98. The molecular formula is C22H20FN3O5S. The summed E-state index contributed by atoms with van der Waals surface area (Å²) in [5.41, 5.74) is 5.81. The fourth-order valence-corrected chi connectivity index (χ4v) is 3.96. The first-order chi connectivity index (χ1) is 15.1. The van der Waals surface area contributed by atoms with Crippen LogP contribution in [0.15, 0.2) is 65.6 Å². The van der Waals surface area contributed by atoms with Crippen LogP contribution in [0.4, 0.5) is 15.8 Å². The van der Waals surface area contributed by atoms with Crippen molar-refractivity contribution >= 4 is 33.2 Å². The van der Waals surface area contributed by atoms with Gasteiger partial charge in [-0.15, -0.1) is 0 Å². The number of carbonyl (C=O) groups is 2. The van der Waals surface area contributed by atoms with Crippen molar-refractivity contribution in [3.63, 3.8) is 0 Å². The molecule has 32 heavy (non-hydrogen) atoms. The zero-order valence-corrected chi connectivity index (χ0v) is 18.0. The molecule has 0 aliphatic heterocycles. The third-order valence-corrected chi connectivity index (χ3v) is 5.97. The quantitative estimate of drug-likeness (QED) is 0.502. The predicted octanol–water partition coefficient (Wildman–Crippen LogP) is 3.29. The molecule has 3 rings (SSSR count). The van der Waals surface area contributed by atoms with Gasteiger partial charge in [0.1, 0.15) is 11.6 Å². The van der Waals surface area contributed by atoms with Crippen LogP contribution < -0.4 is 20.5 Å². The number of aryl methyl sites for hydroxylation is 1. The Kier molecular flexibility index (Phi) is 6.45. The molecule has 0 aromatic heterocycles. The number of halogens is 1. The van der Waals surface area contributed by atoms with E-state index in [0.29, 0.717) is 17.0 Å². The maximum absolute atomic E-state index is 13.7. The minimum absolute atomic E-state index is 0.0903. The lowest BCUT2D eigenvalue weighted by atomic mass is 10.1. The van der Waals surface area contributed by atoms with Crippen molar-refractivity contribution < 1.29 is 27.1 Å². The molecule has 0 fully saturated rings. The van der Waals surface area contributed by atoms with Crippen LogP contribution in [-0.2, 0) is 10.0 Å². The normalized spacial score (nSPS) is 11.0. The van der Waals surface area contributed by atoms with E-state index in [1.807, 2.05) is 0 Å². The summed E-state index contributed by atoms with van der Waals surface area (Å²) >= 11 is 0. The first kappa shape index (κ1) is 22.8. The van der Waals surface area contributed by atoms with E-state index in [0.717, 1.165) is 12.1 Å². The molecule has 0 unspecified atom stereocenters. The van der Waals surface area contributed by atoms with Gasteiger partial charge < -0.3 is 15.8 Å². The van der Waals surface area contributed by atoms with E-state index in [2.05, 4.69) is 10.0 Å². The predicted molar refractivity (Wildman–Crippen MR) is 118 cm³/mol. The number of hydrogen-bond donors (Lipinski definition) is 3. The summed E-state index contributed by atoms with van der Waals surface area (Å²) in [6.45, 7) is 1.64. The monoisotopic (exact) mass is 457 g/mol. The number of hydrogen-bond acceptors (Lipinski definition) is 5. The maximum Gasteiger partial charge on any atom is 0.261 e. The first-order valence-corrected chi connectivity index (χ1v) is 10.8. The Morgan fingerprint density at radius 2 is 1.59 bits per heavy atom. The van der Waals surface area contributed by atoms with Crippen LogP contribution in [0.3, 0.4) is 0 Å². The van der Waals surface area contributed by atoms with E-state index < -0.39 is 27.7 Å². The van der Waals surface area contributed by atoms with Gasteiger partial charge in [0.25, 0.3) is 21.8 Å². The summed E-state index contributed by atoms with van der Waals surface area (Å²) in [5.74, 6) is -1.86. The van der Waals surface area contributed by atoms with E-state index in [4.69, 9.17) is 10.5 Å². The van der Waals surface area contributed by atoms with Crippen molar-refractivity contribution in [2.24, 2.45) is 5.73 Å². The summed E-state index contributed by atoms with van der Waals surface area (Å²) in [4.78, 5) is 23.9. The first-order valence-electron chi connectivity index (χ1n) is 9.29. The summed E-state index contributed by atoms with van der Waals surface area (Å²) in [6, 6.07) is 13.8. The molecule has 0 saturated carbocycles. The molecule has 166 valence electrons. The highest BCUT2D eigenvalue weighted by atomic mass is 32.2. The molecule has 4 N–H and O–H groups in total. The van der Waals surface area contributed by atoms with Gasteiger partial charge in [0.15, 0.2) is 0 Å². The molecular weight excluding hydrogens is 437 g/mol. The summed E-state index contributed by atoms with van der Waals surface area (Å²) < 4.78 is 46.7. The Bertz CT molecular complexity index is 1290. The van der Waals surface area contributed by atoms with Gasteiger partial charge >= 0.3 is 0 Å². The van der Waals surface area contributed by atoms with Crippen LogP contribution >= 0.6 is 0 Å². The van der Waals surface area contributed by atoms with Gasteiger partial charge in [0.2, 0.25) is 0 Å². The molecule has 0 radical (unpaired) electrons. The number of ether oxygens (including phenoxy) is 1. The number of benzene rings is 3. The van der Waals surface area contributed by atoms with Crippen LogP contribution in [0.5, 0.6) is 5.75 Å². The average molecular weight is 457 g/mol. The molecule has 0 saturated heterocycles. The fraction of sp³-hybridized carbons (Fsp3) is 0.0909. The van der Waals surface area contributed by atoms with Crippen molar-refractivity contribution in [2.45, 2.75) is 11.8 Å². The lowest BCUT2D eigenvalue weighted by molar-refractivity contribution is 0.0992. The van der Waals surface area contributed by atoms with E-state index in [1.54, 1.807) is 31.2 Å². The molecule has 10 heteroatoms. The van der Waals surface area contributed by atoms with Crippen molar-refractivity contribution in [1.82, 2.24) is 0 Å². The number of anilines is 2. The second kappa shape index (κ2) is 9.06. The molecule has 3 aromatic rings. The van der Waals surface area contributed by atoms with Crippen molar-refractivity contribution in [2.75, 3.05) is 17.1 Å².